The summed E-state index contributed by atoms with van der Waals surface area (Å²) in [6, 6.07) is -0.892. The van der Waals surface area contributed by atoms with Crippen LogP contribution in [-0.4, -0.2) is 78.8 Å². The number of aliphatic hydroxyl groups is 2. The number of phosphoric ester groups is 2. The highest BCUT2D eigenvalue weighted by Gasteiger charge is 2.45. The number of aromatic nitrogens is 2. The van der Waals surface area contributed by atoms with Gasteiger partial charge in [0.2, 0.25) is 5.91 Å². The van der Waals surface area contributed by atoms with Gasteiger partial charge in [0.05, 0.1) is 24.9 Å². The first-order valence-electron chi connectivity index (χ1n) is 11.0. The summed E-state index contributed by atoms with van der Waals surface area (Å²) in [5.74, 6) is -0.479. The van der Waals surface area contributed by atoms with Gasteiger partial charge >= 0.3 is 21.3 Å². The number of carbonyl (C=O) groups is 1. The largest absolute Gasteiger partial charge is 0.483 e. The third-order valence-electron chi connectivity index (χ3n) is 5.54. The maximum Gasteiger partial charge on any atom is 0.483 e. The lowest BCUT2D eigenvalue weighted by atomic mass is 10.0. The lowest BCUT2D eigenvalue weighted by Crippen LogP contribution is -2.55. The summed E-state index contributed by atoms with van der Waals surface area (Å²) in [7, 11) is -10.7. The first-order chi connectivity index (χ1) is 17.1. The van der Waals surface area contributed by atoms with Crippen LogP contribution in [0.4, 0.5) is 0 Å². The van der Waals surface area contributed by atoms with Crippen molar-refractivity contribution in [3.8, 4) is 0 Å². The van der Waals surface area contributed by atoms with E-state index in [0.717, 1.165) is 4.57 Å². The van der Waals surface area contributed by atoms with Gasteiger partial charge in [-0.1, -0.05) is 0 Å². The maximum atomic E-state index is 12.3. The first kappa shape index (κ1) is 29.8. The van der Waals surface area contributed by atoms with Crippen molar-refractivity contribution in [2.75, 3.05) is 6.61 Å². The fourth-order valence-corrected chi connectivity index (χ4v) is 6.01. The van der Waals surface area contributed by atoms with Crippen molar-refractivity contribution < 1.29 is 56.8 Å². The summed E-state index contributed by atoms with van der Waals surface area (Å²) in [6.45, 7) is 3.40. The molecule has 3 heterocycles. The number of H-pyrrole nitrogens is 1. The average Bonchev–Trinajstić information content (AvgIpc) is 3.11. The van der Waals surface area contributed by atoms with Gasteiger partial charge in [-0.15, -0.1) is 0 Å². The van der Waals surface area contributed by atoms with Crippen molar-refractivity contribution in [3.63, 3.8) is 0 Å². The van der Waals surface area contributed by atoms with E-state index in [9.17, 15) is 43.5 Å². The Bertz CT molecular complexity index is 1200. The molecule has 9 atom stereocenters. The Morgan fingerprint density at radius 2 is 1.89 bits per heavy atom. The number of phosphoric acid groups is 2. The summed E-state index contributed by atoms with van der Waals surface area (Å²) < 4.78 is 50.0. The molecule has 6 N–H and O–H groups in total. The number of aliphatic hydroxyl groups excluding tert-OH is 2. The standard InChI is InChI=1S/C18H29N3O14P2/c1-8-6-21(18(26)20-16(8)25)14-5-12(23)13(33-14)7-31-36(27,28)35-37(29,30)34-17-15(24)11(19-10(3)22)4-9(2)32-17/h6,9,11-15,17,23-24H,4-5,7H2,1-3H3,(H,19,22)(H,27,28)(H,29,30)(H,20,25,26)/t9?,11-,12+,13+,14+,15?,17-/m0/s1. The Balaban J connectivity index is 1.59. The van der Waals surface area contributed by atoms with Gasteiger partial charge in [-0.05, 0) is 20.3 Å². The van der Waals surface area contributed by atoms with Crippen LogP contribution in [0.3, 0.4) is 0 Å². The zero-order chi connectivity index (χ0) is 27.7. The molecule has 2 saturated heterocycles. The molecule has 37 heavy (non-hydrogen) atoms. The second-order valence-electron chi connectivity index (χ2n) is 8.68. The quantitative estimate of drug-likeness (QED) is 0.189. The summed E-state index contributed by atoms with van der Waals surface area (Å²) in [5.41, 5.74) is -1.19. The second kappa shape index (κ2) is 11.6. The highest BCUT2D eigenvalue weighted by molar-refractivity contribution is 7.61. The molecule has 0 radical (unpaired) electrons. The van der Waals surface area contributed by atoms with Gasteiger partial charge in [0, 0.05) is 25.1 Å². The van der Waals surface area contributed by atoms with E-state index in [1.165, 1.54) is 20.0 Å². The molecule has 0 saturated carbocycles. The van der Waals surface area contributed by atoms with Crippen LogP contribution in [-0.2, 0) is 36.8 Å². The van der Waals surface area contributed by atoms with Gasteiger partial charge in [0.15, 0.2) is 6.29 Å². The van der Waals surface area contributed by atoms with Crippen LogP contribution in [0, 0.1) is 6.92 Å². The van der Waals surface area contributed by atoms with E-state index in [2.05, 4.69) is 19.1 Å². The van der Waals surface area contributed by atoms with Gasteiger partial charge in [-0.25, -0.2) is 13.9 Å². The number of rotatable bonds is 9. The monoisotopic (exact) mass is 573 g/mol. The van der Waals surface area contributed by atoms with E-state index in [0.29, 0.717) is 0 Å². The third-order valence-corrected chi connectivity index (χ3v) is 8.14. The molecule has 1 aromatic rings. The molecule has 19 heteroatoms. The number of amides is 1. The molecule has 4 unspecified atom stereocenters. The lowest BCUT2D eigenvalue weighted by molar-refractivity contribution is -0.212. The predicted molar refractivity (Wildman–Crippen MR) is 121 cm³/mol. The minimum Gasteiger partial charge on any atom is -0.390 e. The highest BCUT2D eigenvalue weighted by atomic mass is 31.3. The summed E-state index contributed by atoms with van der Waals surface area (Å²) in [5, 5.41) is 23.0. The second-order valence-corrected chi connectivity index (χ2v) is 11.7. The van der Waals surface area contributed by atoms with Crippen molar-refractivity contribution >= 4 is 21.6 Å². The summed E-state index contributed by atoms with van der Waals surface area (Å²) in [4.78, 5) is 56.8. The van der Waals surface area contributed by atoms with Crippen molar-refractivity contribution in [1.82, 2.24) is 14.9 Å². The van der Waals surface area contributed by atoms with Crippen LogP contribution in [0.2, 0.25) is 0 Å². The van der Waals surface area contributed by atoms with Gasteiger partial charge in [0.25, 0.3) is 5.56 Å². The Morgan fingerprint density at radius 1 is 1.22 bits per heavy atom. The molecule has 210 valence electrons. The Kier molecular flexibility index (Phi) is 9.31. The number of hydrogen-bond donors (Lipinski definition) is 6. The van der Waals surface area contributed by atoms with Gasteiger partial charge in [0.1, 0.15) is 18.4 Å². The molecular formula is C18H29N3O14P2. The zero-order valence-corrected chi connectivity index (χ0v) is 21.7. The molecule has 0 aromatic carbocycles. The number of nitrogens with one attached hydrogen (secondary N) is 2. The van der Waals surface area contributed by atoms with Gasteiger partial charge < -0.3 is 34.8 Å². The van der Waals surface area contributed by atoms with E-state index in [-0.39, 0.29) is 18.4 Å². The minimum atomic E-state index is -5.38. The molecule has 0 bridgehead atoms. The molecule has 1 amide bonds. The number of carbonyl (C=O) groups excluding carboxylic acids is 1. The van der Waals surface area contributed by atoms with E-state index in [1.807, 2.05) is 0 Å². The van der Waals surface area contributed by atoms with Crippen LogP contribution in [0.15, 0.2) is 15.8 Å². The number of nitrogens with zero attached hydrogens (tertiary/aromatic N) is 1. The third kappa shape index (κ3) is 7.88. The Morgan fingerprint density at radius 3 is 2.54 bits per heavy atom. The molecular weight excluding hydrogens is 544 g/mol. The molecule has 3 rings (SSSR count). The van der Waals surface area contributed by atoms with Crippen LogP contribution in [0.25, 0.3) is 0 Å². The molecule has 2 fully saturated rings. The van der Waals surface area contributed by atoms with Crippen LogP contribution in [0.1, 0.15) is 38.5 Å². The smallest absolute Gasteiger partial charge is 0.390 e. The molecule has 1 aromatic heterocycles. The maximum absolute atomic E-state index is 12.3. The number of ether oxygens (including phenoxy) is 2. The van der Waals surface area contributed by atoms with Gasteiger partial charge in [-0.3, -0.25) is 28.2 Å². The topological polar surface area (TPSA) is 245 Å². The summed E-state index contributed by atoms with van der Waals surface area (Å²) in [6.07, 6.45) is -6.36. The molecule has 2 aliphatic rings. The normalized spacial score (nSPS) is 33.4. The first-order valence-corrected chi connectivity index (χ1v) is 14.0. The van der Waals surface area contributed by atoms with Crippen molar-refractivity contribution in [2.45, 2.75) is 76.6 Å². The highest BCUT2D eigenvalue weighted by Crippen LogP contribution is 2.61. The summed E-state index contributed by atoms with van der Waals surface area (Å²) >= 11 is 0. The predicted octanol–water partition coefficient (Wildman–Crippen LogP) is -1.26. The van der Waals surface area contributed by atoms with Crippen LogP contribution in [0.5, 0.6) is 0 Å². The van der Waals surface area contributed by atoms with E-state index < -0.39 is 82.4 Å². The molecule has 0 spiro atoms. The zero-order valence-electron chi connectivity index (χ0n) is 20.0. The molecule has 17 nitrogen and oxygen atoms in total. The van der Waals surface area contributed by atoms with E-state index >= 15 is 0 Å². The van der Waals surface area contributed by atoms with Crippen LogP contribution < -0.4 is 16.6 Å². The minimum absolute atomic E-state index is 0.137. The molecule has 2 aliphatic heterocycles. The van der Waals surface area contributed by atoms with Gasteiger partial charge in [-0.2, -0.15) is 4.31 Å². The van der Waals surface area contributed by atoms with Crippen molar-refractivity contribution in [1.29, 1.82) is 0 Å². The van der Waals surface area contributed by atoms with Crippen molar-refractivity contribution in [2.24, 2.45) is 0 Å². The fraction of sp³-hybridized carbons (Fsp3) is 0.722. The number of aromatic amines is 1. The Labute approximate surface area is 209 Å². The van der Waals surface area contributed by atoms with Crippen LogP contribution >= 0.6 is 15.6 Å². The Hall–Kier alpha value is -1.75. The number of hydrogen-bond acceptors (Lipinski definition) is 12. The fourth-order valence-electron chi connectivity index (χ4n) is 3.85. The van der Waals surface area contributed by atoms with E-state index in [4.69, 9.17) is 14.0 Å². The van der Waals surface area contributed by atoms with Crippen molar-refractivity contribution in [3.05, 3.63) is 32.6 Å². The van der Waals surface area contributed by atoms with E-state index in [1.54, 1.807) is 6.92 Å². The molecule has 0 aliphatic carbocycles. The lowest BCUT2D eigenvalue weighted by Gasteiger charge is -2.38. The average molecular weight is 573 g/mol. The SMILES string of the molecule is CC(=O)N[C@H]1CC(C)O[C@@H](OP(=O)(O)OP(=O)(O)OC[C@H]2O[C@@H](n3cc(C)c(=O)[nH]c3=O)C[C@H]2O)C1O. The number of aryl methyl sites for hydroxylation is 1.